The maximum absolute atomic E-state index is 13.0. The van der Waals surface area contributed by atoms with Crippen LogP contribution in [0, 0.1) is 11.3 Å². The van der Waals surface area contributed by atoms with Crippen molar-refractivity contribution in [3.05, 3.63) is 54.0 Å². The third-order valence-electron chi connectivity index (χ3n) is 10.3. The van der Waals surface area contributed by atoms with Crippen LogP contribution in [0.1, 0.15) is 128 Å². The molecule has 2 aromatic heterocycles. The summed E-state index contributed by atoms with van der Waals surface area (Å²) in [5.74, 6) is 0.229. The van der Waals surface area contributed by atoms with Gasteiger partial charge in [0.15, 0.2) is 5.82 Å². The normalized spacial score (nSPS) is 21.4. The first-order chi connectivity index (χ1) is 26.6. The fourth-order valence-electron chi connectivity index (χ4n) is 7.07. The Bertz CT molecular complexity index is 1660. The number of fused-ring (bicyclic) bond motifs is 1. The Morgan fingerprint density at radius 3 is 2.24 bits per heavy atom. The van der Waals surface area contributed by atoms with Crippen LogP contribution in [0.2, 0.25) is 0 Å². The van der Waals surface area contributed by atoms with Crippen molar-refractivity contribution in [2.24, 2.45) is 0 Å². The highest BCUT2D eigenvalue weighted by Gasteiger charge is 2.54. The topological polar surface area (TPSA) is 207 Å². The highest BCUT2D eigenvalue weighted by molar-refractivity contribution is 7.47. The standard InChI is InChI=1S/C40H63N6O8P/c1-3-4-5-6-7-8-9-10-11-12-13-14-15-16-17-18-24-51-27-33(45-32-21-19-20-31(25-32)26-41)28-52-55(49,50)53-29-35-37(47)38(48)40(2,54-35)36-23-22-34-39(42)43-30-44-46(34)36/h19-23,25,30,33,35,37-38,45,47-48H,3-18,24,27-29H2,1-2H3,(H,49,50)(H2,42,43,44)/t33-,35-,37-,38-,40+/m1/s1. The van der Waals surface area contributed by atoms with Crippen molar-refractivity contribution in [2.45, 2.75) is 147 Å². The van der Waals surface area contributed by atoms with Gasteiger partial charge in [-0.15, -0.1) is 0 Å². The van der Waals surface area contributed by atoms with E-state index in [0.717, 1.165) is 12.8 Å². The smallest absolute Gasteiger partial charge is 0.387 e. The first-order valence-electron chi connectivity index (χ1n) is 20.2. The molecule has 0 amide bonds. The fraction of sp³-hybridized carbons (Fsp3) is 0.675. The predicted molar refractivity (Wildman–Crippen MR) is 212 cm³/mol. The number of nitrogen functional groups attached to an aromatic ring is 1. The first-order valence-corrected chi connectivity index (χ1v) is 21.7. The number of nitrogens with zero attached hydrogens (tertiary/aromatic N) is 4. The number of benzene rings is 1. The van der Waals surface area contributed by atoms with Crippen LogP contribution < -0.4 is 11.1 Å². The number of nitrogens with one attached hydrogen (secondary N) is 1. The second-order valence-electron chi connectivity index (χ2n) is 14.8. The summed E-state index contributed by atoms with van der Waals surface area (Å²) in [4.78, 5) is 14.6. The Morgan fingerprint density at radius 2 is 1.60 bits per heavy atom. The number of ether oxygens (including phenoxy) is 2. The SMILES string of the molecule is CCCCCCCCCCCCCCCCCCOC[C@H](COP(=O)(O)OC[C@H]1O[C@@](C)(c2ccc3c(N)ncnn23)[C@H](O)[C@@H]1O)Nc1cccc(C#N)c1. The second kappa shape index (κ2) is 23.2. The van der Waals surface area contributed by atoms with Gasteiger partial charge in [-0.2, -0.15) is 10.4 Å². The molecule has 14 nitrogen and oxygen atoms in total. The van der Waals surface area contributed by atoms with E-state index in [9.17, 15) is 24.9 Å². The molecular weight excluding hydrogens is 723 g/mol. The summed E-state index contributed by atoms with van der Waals surface area (Å²) in [5, 5.41) is 38.6. The van der Waals surface area contributed by atoms with E-state index in [2.05, 4.69) is 28.4 Å². The highest BCUT2D eigenvalue weighted by Crippen LogP contribution is 2.46. The molecule has 0 saturated carbocycles. The third kappa shape index (κ3) is 14.1. The van der Waals surface area contributed by atoms with Crippen LogP contribution in [-0.2, 0) is 28.7 Å². The Kier molecular flexibility index (Phi) is 18.8. The number of hydrogen-bond acceptors (Lipinski definition) is 12. The molecule has 55 heavy (non-hydrogen) atoms. The number of aliphatic hydroxyl groups is 2. The first kappa shape index (κ1) is 44.6. The summed E-state index contributed by atoms with van der Waals surface area (Å²) in [6.45, 7) is 3.76. The molecule has 1 aliphatic heterocycles. The van der Waals surface area contributed by atoms with E-state index in [1.807, 2.05) is 0 Å². The lowest BCUT2D eigenvalue weighted by molar-refractivity contribution is -0.0888. The summed E-state index contributed by atoms with van der Waals surface area (Å²) < 4.78 is 37.1. The van der Waals surface area contributed by atoms with Crippen LogP contribution in [0.3, 0.4) is 0 Å². The van der Waals surface area contributed by atoms with Gasteiger partial charge in [0.1, 0.15) is 35.8 Å². The van der Waals surface area contributed by atoms with Gasteiger partial charge in [-0.1, -0.05) is 109 Å². The molecular formula is C40H63N6O8P. The van der Waals surface area contributed by atoms with Crippen molar-refractivity contribution in [3.8, 4) is 6.07 Å². The quantitative estimate of drug-likeness (QED) is 0.0359. The maximum Gasteiger partial charge on any atom is 0.472 e. The zero-order valence-corrected chi connectivity index (χ0v) is 33.6. The third-order valence-corrected chi connectivity index (χ3v) is 11.3. The van der Waals surface area contributed by atoms with Crippen molar-refractivity contribution in [1.29, 1.82) is 5.26 Å². The lowest BCUT2D eigenvalue weighted by Crippen LogP contribution is -2.39. The average molecular weight is 787 g/mol. The molecule has 0 aliphatic carbocycles. The van der Waals surface area contributed by atoms with Crippen LogP contribution in [0.5, 0.6) is 0 Å². The predicted octanol–water partition coefficient (Wildman–Crippen LogP) is 7.41. The molecule has 6 atom stereocenters. The van der Waals surface area contributed by atoms with Gasteiger partial charge in [0.25, 0.3) is 0 Å². The lowest BCUT2D eigenvalue weighted by Gasteiger charge is -2.27. The Hall–Kier alpha value is -3.12. The molecule has 1 aromatic carbocycles. The summed E-state index contributed by atoms with van der Waals surface area (Å²) in [5.41, 5.74) is 6.50. The number of nitriles is 1. The van der Waals surface area contributed by atoms with E-state index in [-0.39, 0.29) is 19.0 Å². The molecule has 4 rings (SSSR count). The van der Waals surface area contributed by atoms with Crippen molar-refractivity contribution in [3.63, 3.8) is 0 Å². The minimum absolute atomic E-state index is 0.184. The molecule has 0 radical (unpaired) electrons. The van der Waals surface area contributed by atoms with Gasteiger partial charge in [-0.25, -0.2) is 14.1 Å². The van der Waals surface area contributed by atoms with Crippen molar-refractivity contribution in [2.75, 3.05) is 37.5 Å². The van der Waals surface area contributed by atoms with Gasteiger partial charge in [0.2, 0.25) is 0 Å². The minimum Gasteiger partial charge on any atom is -0.387 e. The fourth-order valence-corrected chi connectivity index (χ4v) is 7.85. The molecule has 0 bridgehead atoms. The molecule has 3 heterocycles. The van der Waals surface area contributed by atoms with E-state index in [4.69, 9.17) is 24.3 Å². The van der Waals surface area contributed by atoms with E-state index in [1.165, 1.54) is 101 Å². The maximum atomic E-state index is 13.0. The molecule has 306 valence electrons. The number of anilines is 2. The van der Waals surface area contributed by atoms with E-state index in [1.54, 1.807) is 43.3 Å². The van der Waals surface area contributed by atoms with Gasteiger partial charge in [-0.3, -0.25) is 9.05 Å². The lowest BCUT2D eigenvalue weighted by atomic mass is 9.93. The van der Waals surface area contributed by atoms with Gasteiger partial charge in [0.05, 0.1) is 43.2 Å². The molecule has 1 unspecified atom stereocenters. The molecule has 1 aliphatic rings. The summed E-state index contributed by atoms with van der Waals surface area (Å²) in [7, 11) is -4.65. The number of nitrogens with two attached hydrogens (primary N) is 1. The van der Waals surface area contributed by atoms with Crippen LogP contribution in [0.25, 0.3) is 5.52 Å². The van der Waals surface area contributed by atoms with Crippen LogP contribution in [0.15, 0.2) is 42.7 Å². The number of phosphoric acid groups is 1. The van der Waals surface area contributed by atoms with E-state index in [0.29, 0.717) is 29.1 Å². The number of aliphatic hydroxyl groups excluding tert-OH is 2. The largest absolute Gasteiger partial charge is 0.472 e. The van der Waals surface area contributed by atoms with Crippen molar-refractivity contribution < 1.29 is 38.2 Å². The zero-order valence-electron chi connectivity index (χ0n) is 32.7. The Morgan fingerprint density at radius 1 is 0.964 bits per heavy atom. The molecule has 15 heteroatoms. The minimum atomic E-state index is -4.65. The Balaban J connectivity index is 1.16. The Labute approximate surface area is 326 Å². The molecule has 1 saturated heterocycles. The van der Waals surface area contributed by atoms with Crippen LogP contribution in [0.4, 0.5) is 11.5 Å². The summed E-state index contributed by atoms with van der Waals surface area (Å²) >= 11 is 0. The molecule has 1 fully saturated rings. The summed E-state index contributed by atoms with van der Waals surface area (Å²) in [6.07, 6.45) is 17.8. The highest BCUT2D eigenvalue weighted by atomic mass is 31.2. The van der Waals surface area contributed by atoms with Gasteiger partial charge in [0, 0.05) is 12.3 Å². The monoisotopic (exact) mass is 786 g/mol. The number of rotatable bonds is 28. The van der Waals surface area contributed by atoms with Crippen molar-refractivity contribution >= 4 is 24.8 Å². The number of unbranched alkanes of at least 4 members (excludes halogenated alkanes) is 15. The second-order valence-corrected chi connectivity index (χ2v) is 16.3. The summed E-state index contributed by atoms with van der Waals surface area (Å²) in [6, 6.07) is 11.8. The van der Waals surface area contributed by atoms with Gasteiger partial charge in [-0.05, 0) is 43.7 Å². The number of hydrogen-bond donors (Lipinski definition) is 5. The number of aromatic nitrogens is 3. The van der Waals surface area contributed by atoms with E-state index < -0.39 is 44.4 Å². The van der Waals surface area contributed by atoms with Gasteiger partial charge < -0.3 is 35.6 Å². The van der Waals surface area contributed by atoms with Gasteiger partial charge >= 0.3 is 7.82 Å². The molecule has 3 aromatic rings. The number of phosphoric ester groups is 1. The zero-order chi connectivity index (χ0) is 39.5. The molecule has 6 N–H and O–H groups in total. The van der Waals surface area contributed by atoms with Crippen molar-refractivity contribution in [1.82, 2.24) is 14.6 Å². The van der Waals surface area contributed by atoms with E-state index >= 15 is 0 Å². The van der Waals surface area contributed by atoms with Crippen LogP contribution in [-0.4, -0.2) is 80.5 Å². The van der Waals surface area contributed by atoms with Crippen LogP contribution >= 0.6 is 7.82 Å². The average Bonchev–Trinajstić information content (AvgIpc) is 3.72. The molecule has 0 spiro atoms.